The number of amides is 1. The van der Waals surface area contributed by atoms with E-state index in [1.54, 1.807) is 48.7 Å². The number of aromatic nitrogens is 3. The number of halogens is 1. The van der Waals surface area contributed by atoms with E-state index in [0.29, 0.717) is 16.4 Å². The van der Waals surface area contributed by atoms with E-state index >= 15 is 0 Å². The molecule has 2 heterocycles. The molecule has 0 radical (unpaired) electrons. The van der Waals surface area contributed by atoms with Crippen molar-refractivity contribution in [3.63, 3.8) is 0 Å². The predicted molar refractivity (Wildman–Crippen MR) is 84.2 cm³/mol. The second-order valence-electron chi connectivity index (χ2n) is 4.74. The molecule has 0 spiro atoms. The monoisotopic (exact) mass is 316 g/mol. The van der Waals surface area contributed by atoms with E-state index in [-0.39, 0.29) is 24.6 Å². The molecule has 0 aliphatic rings. The summed E-state index contributed by atoms with van der Waals surface area (Å²) in [7, 11) is 0. The smallest absolute Gasteiger partial charge is 0.326 e. The number of fused-ring (bicyclic) bond motifs is 1. The first-order valence-corrected chi connectivity index (χ1v) is 7.11. The van der Waals surface area contributed by atoms with Crippen LogP contribution in [0.5, 0.6) is 0 Å². The number of hydrogen-bond acceptors (Lipinski definition) is 3. The van der Waals surface area contributed by atoms with Crippen LogP contribution >= 0.6 is 11.6 Å². The molecule has 112 valence electrons. The molecule has 1 amide bonds. The number of nitrogens with zero attached hydrogens (tertiary/aromatic N) is 3. The van der Waals surface area contributed by atoms with E-state index in [9.17, 15) is 9.59 Å². The van der Waals surface area contributed by atoms with Gasteiger partial charge in [-0.1, -0.05) is 17.7 Å². The molecule has 0 saturated carbocycles. The van der Waals surface area contributed by atoms with Crippen molar-refractivity contribution in [2.75, 3.05) is 5.32 Å². The van der Waals surface area contributed by atoms with Crippen molar-refractivity contribution in [1.29, 1.82) is 0 Å². The molecule has 7 heteroatoms. The first kappa shape index (κ1) is 14.3. The van der Waals surface area contributed by atoms with Crippen molar-refractivity contribution >= 4 is 28.8 Å². The minimum absolute atomic E-state index is 0.159. The molecule has 22 heavy (non-hydrogen) atoms. The van der Waals surface area contributed by atoms with E-state index < -0.39 is 0 Å². The van der Waals surface area contributed by atoms with Gasteiger partial charge in [0.2, 0.25) is 5.91 Å². The Labute approximate surface area is 130 Å². The summed E-state index contributed by atoms with van der Waals surface area (Å²) in [5, 5.41) is 7.52. The molecule has 2 aromatic heterocycles. The van der Waals surface area contributed by atoms with Gasteiger partial charge >= 0.3 is 5.69 Å². The van der Waals surface area contributed by atoms with E-state index in [1.165, 1.54) is 9.08 Å². The zero-order chi connectivity index (χ0) is 15.5. The van der Waals surface area contributed by atoms with E-state index in [1.807, 2.05) is 0 Å². The summed E-state index contributed by atoms with van der Waals surface area (Å²) in [5.74, 6) is -0.189. The Bertz CT molecular complexity index is 867. The van der Waals surface area contributed by atoms with Crippen molar-refractivity contribution in [3.8, 4) is 0 Å². The summed E-state index contributed by atoms with van der Waals surface area (Å²) in [5.41, 5.74) is 0.970. The number of carbonyl (C=O) groups is 1. The minimum Gasteiger partial charge on any atom is -0.326 e. The fourth-order valence-corrected chi connectivity index (χ4v) is 2.20. The van der Waals surface area contributed by atoms with Crippen LogP contribution in [0.1, 0.15) is 6.42 Å². The Morgan fingerprint density at radius 2 is 1.95 bits per heavy atom. The Hall–Kier alpha value is -2.60. The molecule has 6 nitrogen and oxygen atoms in total. The second-order valence-corrected chi connectivity index (χ2v) is 5.18. The van der Waals surface area contributed by atoms with Crippen molar-refractivity contribution in [1.82, 2.24) is 14.2 Å². The highest BCUT2D eigenvalue weighted by Gasteiger charge is 2.08. The van der Waals surface area contributed by atoms with Gasteiger partial charge in [0.15, 0.2) is 5.65 Å². The molecule has 0 unspecified atom stereocenters. The number of carbonyl (C=O) groups excluding carboxylic acids is 1. The first-order valence-electron chi connectivity index (χ1n) is 6.73. The highest BCUT2D eigenvalue weighted by molar-refractivity contribution is 6.30. The lowest BCUT2D eigenvalue weighted by Crippen LogP contribution is -2.24. The average Bonchev–Trinajstić information content (AvgIpc) is 2.84. The molecule has 3 aromatic rings. The summed E-state index contributed by atoms with van der Waals surface area (Å²) >= 11 is 5.78. The number of benzene rings is 1. The molecule has 0 bridgehead atoms. The Balaban J connectivity index is 1.66. The molecule has 1 N–H and O–H groups in total. The summed E-state index contributed by atoms with van der Waals surface area (Å²) in [6.45, 7) is 0.222. The number of anilines is 1. The predicted octanol–water partition coefficient (Wildman–Crippen LogP) is 2.18. The third-order valence-electron chi connectivity index (χ3n) is 3.17. The van der Waals surface area contributed by atoms with E-state index in [2.05, 4.69) is 10.4 Å². The number of hydrogen-bond donors (Lipinski definition) is 1. The Morgan fingerprint density at radius 1 is 1.18 bits per heavy atom. The summed E-state index contributed by atoms with van der Waals surface area (Å²) in [4.78, 5) is 24.0. The van der Waals surface area contributed by atoms with Crippen molar-refractivity contribution < 1.29 is 4.79 Å². The van der Waals surface area contributed by atoms with Gasteiger partial charge in [0.25, 0.3) is 0 Å². The van der Waals surface area contributed by atoms with Gasteiger partial charge in [-0.3, -0.25) is 9.20 Å². The summed E-state index contributed by atoms with van der Waals surface area (Å²) in [6, 6.07) is 12.1. The zero-order valence-electron chi connectivity index (χ0n) is 11.6. The number of nitrogens with one attached hydrogen (secondary N) is 1. The topological polar surface area (TPSA) is 68.4 Å². The SMILES string of the molecule is O=C(CCn1nc2ccccn2c1=O)Nc1ccc(Cl)cc1. The van der Waals surface area contributed by atoms with Crippen LogP contribution in [0.3, 0.4) is 0 Å². The lowest BCUT2D eigenvalue weighted by Gasteiger charge is -2.04. The lowest BCUT2D eigenvalue weighted by molar-refractivity contribution is -0.116. The average molecular weight is 317 g/mol. The maximum Gasteiger partial charge on any atom is 0.350 e. The summed E-state index contributed by atoms with van der Waals surface area (Å²) in [6.07, 6.45) is 1.81. The van der Waals surface area contributed by atoms with Gasteiger partial charge in [-0.15, -0.1) is 5.10 Å². The normalized spacial score (nSPS) is 10.8. The Kier molecular flexibility index (Phi) is 3.93. The van der Waals surface area contributed by atoms with Gasteiger partial charge in [0.05, 0.1) is 6.54 Å². The fourth-order valence-electron chi connectivity index (χ4n) is 2.08. The van der Waals surface area contributed by atoms with Gasteiger partial charge in [-0.25, -0.2) is 9.48 Å². The van der Waals surface area contributed by atoms with E-state index in [4.69, 9.17) is 11.6 Å². The van der Waals surface area contributed by atoms with Gasteiger partial charge < -0.3 is 5.32 Å². The number of aryl methyl sites for hydroxylation is 1. The molecular weight excluding hydrogens is 304 g/mol. The van der Waals surface area contributed by atoms with Crippen LogP contribution in [0.2, 0.25) is 5.02 Å². The summed E-state index contributed by atoms with van der Waals surface area (Å²) < 4.78 is 2.73. The van der Waals surface area contributed by atoms with Gasteiger partial charge in [-0.05, 0) is 36.4 Å². The van der Waals surface area contributed by atoms with Crippen LogP contribution in [0.4, 0.5) is 5.69 Å². The second kappa shape index (κ2) is 6.03. The fraction of sp³-hybridized carbons (Fsp3) is 0.133. The van der Waals surface area contributed by atoms with Crippen LogP contribution in [0.15, 0.2) is 53.5 Å². The molecule has 0 atom stereocenters. The maximum atomic E-state index is 12.1. The molecule has 0 fully saturated rings. The van der Waals surface area contributed by atoms with Crippen LogP contribution in [0, 0.1) is 0 Å². The zero-order valence-corrected chi connectivity index (χ0v) is 12.3. The molecule has 0 aliphatic heterocycles. The number of rotatable bonds is 4. The molecular formula is C15H13ClN4O2. The minimum atomic E-state index is -0.255. The highest BCUT2D eigenvalue weighted by Crippen LogP contribution is 2.13. The maximum absolute atomic E-state index is 12.1. The van der Waals surface area contributed by atoms with Crippen LogP contribution in [-0.2, 0) is 11.3 Å². The van der Waals surface area contributed by atoms with Crippen molar-refractivity contribution in [2.24, 2.45) is 0 Å². The molecule has 0 aliphatic carbocycles. The van der Waals surface area contributed by atoms with Crippen molar-refractivity contribution in [2.45, 2.75) is 13.0 Å². The van der Waals surface area contributed by atoms with Crippen molar-refractivity contribution in [3.05, 3.63) is 64.2 Å². The third kappa shape index (κ3) is 3.01. The number of pyridine rings is 1. The molecule has 1 aromatic carbocycles. The van der Waals surface area contributed by atoms with Gasteiger partial charge in [-0.2, -0.15) is 0 Å². The Morgan fingerprint density at radius 3 is 2.68 bits per heavy atom. The molecule has 0 saturated heterocycles. The third-order valence-corrected chi connectivity index (χ3v) is 3.42. The lowest BCUT2D eigenvalue weighted by atomic mass is 10.3. The standard InChI is InChI=1S/C15H13ClN4O2/c16-11-4-6-12(7-5-11)17-14(21)8-10-20-15(22)19-9-2-1-3-13(19)18-20/h1-7,9H,8,10H2,(H,17,21). The van der Waals surface area contributed by atoms with Gasteiger partial charge in [0, 0.05) is 23.3 Å². The molecule has 3 rings (SSSR count). The van der Waals surface area contributed by atoms with Crippen LogP contribution in [-0.4, -0.2) is 20.1 Å². The van der Waals surface area contributed by atoms with Crippen LogP contribution in [0.25, 0.3) is 5.65 Å². The largest absolute Gasteiger partial charge is 0.350 e. The van der Waals surface area contributed by atoms with E-state index in [0.717, 1.165) is 0 Å². The quantitative estimate of drug-likeness (QED) is 0.802. The highest BCUT2D eigenvalue weighted by atomic mass is 35.5. The first-order chi connectivity index (χ1) is 10.6. The van der Waals surface area contributed by atoms with Gasteiger partial charge in [0.1, 0.15) is 0 Å². The van der Waals surface area contributed by atoms with Crippen LogP contribution < -0.4 is 11.0 Å².